The van der Waals surface area contributed by atoms with Crippen molar-refractivity contribution in [3.63, 3.8) is 0 Å². The summed E-state index contributed by atoms with van der Waals surface area (Å²) in [6.07, 6.45) is 2.19. The Morgan fingerprint density at radius 2 is 1.79 bits per heavy atom. The molecule has 2 aromatic carbocycles. The zero-order valence-electron chi connectivity index (χ0n) is 15.7. The van der Waals surface area contributed by atoms with Crippen molar-refractivity contribution >= 4 is 29.1 Å². The molecule has 0 unspecified atom stereocenters. The highest BCUT2D eigenvalue weighted by atomic mass is 35.5. The summed E-state index contributed by atoms with van der Waals surface area (Å²) in [6.45, 7) is 1.88. The quantitative estimate of drug-likeness (QED) is 0.689. The van der Waals surface area contributed by atoms with Crippen molar-refractivity contribution in [3.8, 4) is 5.69 Å². The minimum atomic E-state index is -0.322. The molecule has 0 aliphatic rings. The molecule has 0 radical (unpaired) electrons. The number of benzene rings is 2. The molecule has 0 atom stereocenters. The number of aromatic nitrogens is 2. The van der Waals surface area contributed by atoms with Crippen LogP contribution in [0, 0.1) is 0 Å². The van der Waals surface area contributed by atoms with Crippen molar-refractivity contribution < 1.29 is 9.59 Å². The molecule has 3 rings (SSSR count). The number of likely N-dealkylation sites (N-methyl/N-ethyl adjacent to an activating group) is 1. The van der Waals surface area contributed by atoms with Crippen molar-refractivity contribution in [1.29, 1.82) is 0 Å². The molecule has 0 spiro atoms. The van der Waals surface area contributed by atoms with Gasteiger partial charge in [0.25, 0.3) is 5.91 Å². The summed E-state index contributed by atoms with van der Waals surface area (Å²) < 4.78 is 1.75. The maximum absolute atomic E-state index is 12.9. The number of halogens is 1. The van der Waals surface area contributed by atoms with Gasteiger partial charge in [0.1, 0.15) is 0 Å². The van der Waals surface area contributed by atoms with E-state index in [1.165, 1.54) is 4.90 Å². The summed E-state index contributed by atoms with van der Waals surface area (Å²) in [5.41, 5.74) is 2.69. The van der Waals surface area contributed by atoms with Crippen LogP contribution in [0.4, 0.5) is 5.69 Å². The molecule has 28 heavy (non-hydrogen) atoms. The van der Waals surface area contributed by atoms with Crippen LogP contribution in [0.3, 0.4) is 0 Å². The van der Waals surface area contributed by atoms with Crippen LogP contribution in [0.5, 0.6) is 0 Å². The average Bonchev–Trinajstić information content (AvgIpc) is 3.13. The molecule has 7 heteroatoms. The molecule has 144 valence electrons. The third-order valence-corrected chi connectivity index (χ3v) is 4.64. The Morgan fingerprint density at radius 1 is 1.11 bits per heavy atom. The van der Waals surface area contributed by atoms with E-state index in [0.717, 1.165) is 11.4 Å². The summed E-state index contributed by atoms with van der Waals surface area (Å²) in [5, 5.41) is 7.54. The van der Waals surface area contributed by atoms with Crippen molar-refractivity contribution in [2.24, 2.45) is 0 Å². The highest BCUT2D eigenvalue weighted by Crippen LogP contribution is 2.21. The monoisotopic (exact) mass is 396 g/mol. The number of para-hydroxylation sites is 2. The van der Waals surface area contributed by atoms with Gasteiger partial charge in [-0.3, -0.25) is 9.59 Å². The van der Waals surface area contributed by atoms with Crippen LogP contribution in [0.1, 0.15) is 23.0 Å². The number of anilines is 1. The molecular weight excluding hydrogens is 376 g/mol. The highest BCUT2D eigenvalue weighted by Gasteiger charge is 2.22. The molecular formula is C21H21ClN4O2. The number of nitrogens with zero attached hydrogens (tertiary/aromatic N) is 3. The Morgan fingerprint density at radius 3 is 2.46 bits per heavy atom. The fourth-order valence-electron chi connectivity index (χ4n) is 2.93. The maximum atomic E-state index is 12.9. The summed E-state index contributed by atoms with van der Waals surface area (Å²) in [6, 6.07) is 16.6. The first kappa shape index (κ1) is 19.6. The lowest BCUT2D eigenvalue weighted by molar-refractivity contribution is -0.116. The van der Waals surface area contributed by atoms with E-state index in [4.69, 9.17) is 11.6 Å². The molecule has 0 saturated carbocycles. The third-order valence-electron chi connectivity index (χ3n) is 4.31. The van der Waals surface area contributed by atoms with E-state index >= 15 is 0 Å². The Kier molecular flexibility index (Phi) is 6.11. The fourth-order valence-corrected chi connectivity index (χ4v) is 3.11. The Hall–Kier alpha value is -3.12. The second kappa shape index (κ2) is 8.71. The third kappa shape index (κ3) is 4.23. The summed E-state index contributed by atoms with van der Waals surface area (Å²) in [5.74, 6) is -0.578. The van der Waals surface area contributed by atoms with Crippen molar-refractivity contribution in [3.05, 3.63) is 77.1 Å². The largest absolute Gasteiger partial charge is 0.332 e. The molecule has 0 aliphatic carbocycles. The molecule has 0 bridgehead atoms. The van der Waals surface area contributed by atoms with E-state index in [-0.39, 0.29) is 18.4 Å². The lowest BCUT2D eigenvalue weighted by Crippen LogP contribution is -2.35. The molecule has 0 saturated heterocycles. The van der Waals surface area contributed by atoms with E-state index in [1.807, 2.05) is 37.3 Å². The fraction of sp³-hybridized carbons (Fsp3) is 0.190. The van der Waals surface area contributed by atoms with Gasteiger partial charge in [0, 0.05) is 7.05 Å². The van der Waals surface area contributed by atoms with E-state index < -0.39 is 0 Å². The maximum Gasteiger partial charge on any atom is 0.257 e. The number of hydrogen-bond donors (Lipinski definition) is 1. The molecule has 1 N–H and O–H groups in total. The first-order valence-electron chi connectivity index (χ1n) is 8.93. The van der Waals surface area contributed by atoms with Gasteiger partial charge in [-0.15, -0.1) is 0 Å². The lowest BCUT2D eigenvalue weighted by atomic mass is 10.1. The number of amides is 2. The molecule has 6 nitrogen and oxygen atoms in total. The Balaban J connectivity index is 1.74. The van der Waals surface area contributed by atoms with Crippen molar-refractivity contribution in [1.82, 2.24) is 14.7 Å². The molecule has 0 aliphatic heterocycles. The van der Waals surface area contributed by atoms with Crippen LogP contribution >= 0.6 is 11.6 Å². The normalized spacial score (nSPS) is 10.5. The summed E-state index contributed by atoms with van der Waals surface area (Å²) in [4.78, 5) is 26.6. The second-order valence-corrected chi connectivity index (χ2v) is 6.70. The van der Waals surface area contributed by atoms with Gasteiger partial charge in [-0.1, -0.05) is 48.9 Å². The van der Waals surface area contributed by atoms with E-state index in [2.05, 4.69) is 10.4 Å². The van der Waals surface area contributed by atoms with Crippen LogP contribution in [0.2, 0.25) is 5.02 Å². The molecule has 1 aromatic heterocycles. The van der Waals surface area contributed by atoms with Gasteiger partial charge in [-0.25, -0.2) is 4.68 Å². The average molecular weight is 397 g/mol. The summed E-state index contributed by atoms with van der Waals surface area (Å²) >= 11 is 6.06. The van der Waals surface area contributed by atoms with Crippen molar-refractivity contribution in [2.75, 3.05) is 18.9 Å². The van der Waals surface area contributed by atoms with Gasteiger partial charge < -0.3 is 10.2 Å². The van der Waals surface area contributed by atoms with E-state index in [0.29, 0.717) is 22.7 Å². The Labute approximate surface area is 168 Å². The van der Waals surface area contributed by atoms with Gasteiger partial charge >= 0.3 is 0 Å². The second-order valence-electron chi connectivity index (χ2n) is 6.30. The first-order chi connectivity index (χ1) is 13.5. The number of rotatable bonds is 6. The van der Waals surface area contributed by atoms with Crippen molar-refractivity contribution in [2.45, 2.75) is 13.3 Å². The topological polar surface area (TPSA) is 67.2 Å². The minimum absolute atomic E-state index is 0.0935. The Bertz CT molecular complexity index is 985. The van der Waals surface area contributed by atoms with Crippen LogP contribution in [0.25, 0.3) is 5.69 Å². The van der Waals surface area contributed by atoms with Gasteiger partial charge in [-0.2, -0.15) is 5.10 Å². The number of nitrogens with one attached hydrogen (secondary N) is 1. The zero-order chi connectivity index (χ0) is 20.1. The number of hydrogen-bond acceptors (Lipinski definition) is 3. The van der Waals surface area contributed by atoms with Crippen LogP contribution in [-0.2, 0) is 11.2 Å². The standard InChI is InChI=1S/C21H21ClN4O2/c1-3-19-16(13-23-26(19)15-9-5-4-6-10-15)21(28)25(2)14-20(27)24-18-12-8-7-11-17(18)22/h4-13H,3,14H2,1-2H3,(H,24,27). The van der Waals surface area contributed by atoms with Crippen LogP contribution in [0.15, 0.2) is 60.8 Å². The zero-order valence-corrected chi connectivity index (χ0v) is 16.5. The van der Waals surface area contributed by atoms with Gasteiger partial charge in [0.2, 0.25) is 5.91 Å². The van der Waals surface area contributed by atoms with Gasteiger partial charge in [0.15, 0.2) is 0 Å². The predicted octanol–water partition coefficient (Wildman–Crippen LogP) is 3.80. The van der Waals surface area contributed by atoms with Crippen LogP contribution in [-0.4, -0.2) is 40.1 Å². The van der Waals surface area contributed by atoms with Gasteiger partial charge in [-0.05, 0) is 30.7 Å². The molecule has 2 amide bonds. The molecule has 0 fully saturated rings. The summed E-state index contributed by atoms with van der Waals surface area (Å²) in [7, 11) is 1.59. The molecule has 1 heterocycles. The smallest absolute Gasteiger partial charge is 0.257 e. The minimum Gasteiger partial charge on any atom is -0.332 e. The highest BCUT2D eigenvalue weighted by molar-refractivity contribution is 6.33. The lowest BCUT2D eigenvalue weighted by Gasteiger charge is -2.17. The SMILES string of the molecule is CCc1c(C(=O)N(C)CC(=O)Nc2ccccc2Cl)cnn1-c1ccccc1. The number of carbonyl (C=O) groups excluding carboxylic acids is 2. The van der Waals surface area contributed by atoms with Crippen LogP contribution < -0.4 is 5.32 Å². The predicted molar refractivity (Wildman–Crippen MR) is 110 cm³/mol. The number of carbonyl (C=O) groups is 2. The first-order valence-corrected chi connectivity index (χ1v) is 9.31. The molecule has 3 aromatic rings. The van der Waals surface area contributed by atoms with Gasteiger partial charge in [0.05, 0.1) is 40.4 Å². The van der Waals surface area contributed by atoms with E-state index in [1.54, 1.807) is 42.2 Å². The van der Waals surface area contributed by atoms with E-state index in [9.17, 15) is 9.59 Å².